The summed E-state index contributed by atoms with van der Waals surface area (Å²) in [4.78, 5) is 17.2. The molecule has 0 radical (unpaired) electrons. The number of hydrogen-bond donors (Lipinski definition) is 1. The van der Waals surface area contributed by atoms with Crippen LogP contribution in [0.4, 0.5) is 0 Å². The molecule has 2 aromatic heterocycles. The summed E-state index contributed by atoms with van der Waals surface area (Å²) in [5, 5.41) is 3.03. The minimum atomic E-state index is -0.172. The van der Waals surface area contributed by atoms with Crippen LogP contribution in [0.5, 0.6) is 5.75 Å². The van der Waals surface area contributed by atoms with Crippen molar-refractivity contribution < 1.29 is 9.53 Å². The molecular formula is C19H21N3O2. The van der Waals surface area contributed by atoms with Crippen LogP contribution in [0, 0.1) is 13.8 Å². The second kappa shape index (κ2) is 6.35. The van der Waals surface area contributed by atoms with E-state index in [1.165, 1.54) is 0 Å². The maximum absolute atomic E-state index is 12.7. The van der Waals surface area contributed by atoms with E-state index in [4.69, 9.17) is 4.74 Å². The molecule has 5 heteroatoms. The van der Waals surface area contributed by atoms with Crippen molar-refractivity contribution in [3.63, 3.8) is 0 Å². The fourth-order valence-electron chi connectivity index (χ4n) is 2.95. The summed E-state index contributed by atoms with van der Waals surface area (Å²) in [6.07, 6.45) is 1.87. The van der Waals surface area contributed by atoms with Gasteiger partial charge in [-0.05, 0) is 39.0 Å². The SMILES string of the molecule is COc1ccccc1[C@H](C)NC(=O)c1ccn2c(C)cc(C)nc12. The molecule has 2 heterocycles. The van der Waals surface area contributed by atoms with Crippen molar-refractivity contribution in [2.45, 2.75) is 26.8 Å². The predicted octanol–water partition coefficient (Wildman–Crippen LogP) is 3.45. The zero-order valence-electron chi connectivity index (χ0n) is 14.3. The minimum Gasteiger partial charge on any atom is -0.496 e. The van der Waals surface area contributed by atoms with Crippen LogP contribution < -0.4 is 10.1 Å². The van der Waals surface area contributed by atoms with Gasteiger partial charge in [-0.25, -0.2) is 4.98 Å². The topological polar surface area (TPSA) is 55.6 Å². The highest BCUT2D eigenvalue weighted by atomic mass is 16.5. The maximum atomic E-state index is 12.7. The molecule has 0 aliphatic rings. The lowest BCUT2D eigenvalue weighted by Crippen LogP contribution is -2.27. The van der Waals surface area contributed by atoms with Crippen LogP contribution in [-0.4, -0.2) is 22.4 Å². The number of benzene rings is 1. The first kappa shape index (κ1) is 16.1. The predicted molar refractivity (Wildman–Crippen MR) is 93.5 cm³/mol. The number of fused-ring (bicyclic) bond motifs is 1. The van der Waals surface area contributed by atoms with E-state index in [0.717, 1.165) is 22.7 Å². The fourth-order valence-corrected chi connectivity index (χ4v) is 2.95. The van der Waals surface area contributed by atoms with Gasteiger partial charge in [0.25, 0.3) is 5.91 Å². The molecule has 124 valence electrons. The van der Waals surface area contributed by atoms with Gasteiger partial charge in [-0.2, -0.15) is 0 Å². The Kier molecular flexibility index (Phi) is 4.25. The number of aromatic nitrogens is 2. The van der Waals surface area contributed by atoms with Gasteiger partial charge in [0.05, 0.1) is 18.7 Å². The molecule has 0 unspecified atom stereocenters. The molecule has 3 aromatic rings. The van der Waals surface area contributed by atoms with E-state index in [2.05, 4.69) is 10.3 Å². The van der Waals surface area contributed by atoms with Crippen LogP contribution in [0.1, 0.15) is 40.3 Å². The van der Waals surface area contributed by atoms with Gasteiger partial charge in [0, 0.05) is 23.1 Å². The number of carbonyl (C=O) groups excluding carboxylic acids is 1. The van der Waals surface area contributed by atoms with E-state index >= 15 is 0 Å². The van der Waals surface area contributed by atoms with Gasteiger partial charge in [0.2, 0.25) is 0 Å². The number of rotatable bonds is 4. The molecule has 3 rings (SSSR count). The summed E-state index contributed by atoms with van der Waals surface area (Å²) in [6, 6.07) is 11.3. The number of carbonyl (C=O) groups is 1. The van der Waals surface area contributed by atoms with Crippen LogP contribution in [0.15, 0.2) is 42.6 Å². The van der Waals surface area contributed by atoms with Crippen molar-refractivity contribution in [3.05, 3.63) is 65.1 Å². The van der Waals surface area contributed by atoms with Gasteiger partial charge in [-0.3, -0.25) is 4.79 Å². The standard InChI is InChI=1S/C19H21N3O2/c1-12-11-13(2)22-10-9-16(18(22)20-12)19(23)21-14(3)15-7-5-6-8-17(15)24-4/h5-11,14H,1-4H3,(H,21,23)/t14-/m0/s1. The molecule has 0 bridgehead atoms. The van der Waals surface area contributed by atoms with Crippen LogP contribution in [0.3, 0.4) is 0 Å². The van der Waals surface area contributed by atoms with Crippen molar-refractivity contribution in [2.24, 2.45) is 0 Å². The number of hydrogen-bond acceptors (Lipinski definition) is 3. The van der Waals surface area contributed by atoms with E-state index in [0.29, 0.717) is 11.2 Å². The Hall–Kier alpha value is -2.82. The largest absolute Gasteiger partial charge is 0.496 e. The van der Waals surface area contributed by atoms with E-state index in [9.17, 15) is 4.79 Å². The first-order valence-corrected chi connectivity index (χ1v) is 7.90. The van der Waals surface area contributed by atoms with Gasteiger partial charge in [0.1, 0.15) is 11.4 Å². The summed E-state index contributed by atoms with van der Waals surface area (Å²) in [5.74, 6) is 0.616. The van der Waals surface area contributed by atoms with E-state index in [1.54, 1.807) is 13.2 Å². The smallest absolute Gasteiger partial charge is 0.255 e. The third-order valence-electron chi connectivity index (χ3n) is 4.14. The Morgan fingerprint density at radius 1 is 1.25 bits per heavy atom. The zero-order chi connectivity index (χ0) is 17.3. The molecule has 5 nitrogen and oxygen atoms in total. The summed E-state index contributed by atoms with van der Waals surface area (Å²) in [7, 11) is 1.63. The number of para-hydroxylation sites is 1. The number of ether oxygens (including phenoxy) is 1. The third-order valence-corrected chi connectivity index (χ3v) is 4.14. The summed E-state index contributed by atoms with van der Waals surface area (Å²) < 4.78 is 7.30. The number of aryl methyl sites for hydroxylation is 2. The van der Waals surface area contributed by atoms with E-state index < -0.39 is 0 Å². The lowest BCUT2D eigenvalue weighted by atomic mass is 10.1. The van der Waals surface area contributed by atoms with Crippen LogP contribution >= 0.6 is 0 Å². The molecule has 1 aromatic carbocycles. The first-order chi connectivity index (χ1) is 11.5. The number of methoxy groups -OCH3 is 1. The normalized spacial score (nSPS) is 12.2. The number of nitrogens with one attached hydrogen (secondary N) is 1. The molecule has 1 amide bonds. The van der Waals surface area contributed by atoms with Gasteiger partial charge < -0.3 is 14.5 Å². The fraction of sp³-hybridized carbons (Fsp3) is 0.263. The van der Waals surface area contributed by atoms with E-state index in [1.807, 2.05) is 61.7 Å². The summed E-state index contributed by atoms with van der Waals surface area (Å²) in [5.41, 5.74) is 4.14. The Bertz CT molecular complexity index is 899. The molecule has 0 saturated carbocycles. The quantitative estimate of drug-likeness (QED) is 0.800. The molecular weight excluding hydrogens is 302 g/mol. The van der Waals surface area contributed by atoms with Crippen molar-refractivity contribution in [2.75, 3.05) is 7.11 Å². The van der Waals surface area contributed by atoms with Crippen molar-refractivity contribution in [1.29, 1.82) is 0 Å². The summed E-state index contributed by atoms with van der Waals surface area (Å²) in [6.45, 7) is 5.87. The second-order valence-electron chi connectivity index (χ2n) is 5.90. The first-order valence-electron chi connectivity index (χ1n) is 7.90. The Balaban J connectivity index is 1.90. The average Bonchev–Trinajstić information content (AvgIpc) is 2.98. The molecule has 0 aliphatic carbocycles. The van der Waals surface area contributed by atoms with Gasteiger partial charge in [-0.1, -0.05) is 18.2 Å². The average molecular weight is 323 g/mol. The summed E-state index contributed by atoms with van der Waals surface area (Å²) >= 11 is 0. The number of amides is 1. The number of nitrogens with zero attached hydrogens (tertiary/aromatic N) is 2. The molecule has 0 spiro atoms. The highest BCUT2D eigenvalue weighted by Gasteiger charge is 2.18. The molecule has 1 atom stereocenters. The third kappa shape index (κ3) is 2.85. The van der Waals surface area contributed by atoms with Gasteiger partial charge >= 0.3 is 0 Å². The molecule has 0 aliphatic heterocycles. The zero-order valence-corrected chi connectivity index (χ0v) is 14.3. The van der Waals surface area contributed by atoms with Crippen molar-refractivity contribution in [3.8, 4) is 5.75 Å². The molecule has 1 N–H and O–H groups in total. The minimum absolute atomic E-state index is 0.145. The van der Waals surface area contributed by atoms with Crippen molar-refractivity contribution in [1.82, 2.24) is 14.7 Å². The molecule has 0 fully saturated rings. The van der Waals surface area contributed by atoms with E-state index in [-0.39, 0.29) is 11.9 Å². The Labute approximate surface area is 141 Å². The molecule has 24 heavy (non-hydrogen) atoms. The van der Waals surface area contributed by atoms with Crippen LogP contribution in [0.2, 0.25) is 0 Å². The maximum Gasteiger partial charge on any atom is 0.255 e. The Morgan fingerprint density at radius 3 is 2.75 bits per heavy atom. The second-order valence-corrected chi connectivity index (χ2v) is 5.90. The molecule has 0 saturated heterocycles. The highest BCUT2D eigenvalue weighted by molar-refractivity contribution is 6.00. The Morgan fingerprint density at radius 2 is 2.00 bits per heavy atom. The van der Waals surface area contributed by atoms with Crippen molar-refractivity contribution >= 4 is 11.6 Å². The lowest BCUT2D eigenvalue weighted by Gasteiger charge is -2.17. The van der Waals surface area contributed by atoms with Gasteiger partial charge in [-0.15, -0.1) is 0 Å². The van der Waals surface area contributed by atoms with Gasteiger partial charge in [0.15, 0.2) is 0 Å². The monoisotopic (exact) mass is 323 g/mol. The van der Waals surface area contributed by atoms with Crippen LogP contribution in [0.25, 0.3) is 5.65 Å². The van der Waals surface area contributed by atoms with Crippen LogP contribution in [-0.2, 0) is 0 Å². The lowest BCUT2D eigenvalue weighted by molar-refractivity contribution is 0.0941. The highest BCUT2D eigenvalue weighted by Crippen LogP contribution is 2.25.